The Hall–Kier alpha value is -4.21. The lowest BCUT2D eigenvalue weighted by Gasteiger charge is -2.16. The van der Waals surface area contributed by atoms with Crippen LogP contribution >= 0.6 is 0 Å². The Morgan fingerprint density at radius 1 is 1.03 bits per heavy atom. The van der Waals surface area contributed by atoms with Crippen LogP contribution in [-0.2, 0) is 6.54 Å². The molecule has 0 atom stereocenters. The number of ether oxygens (including phenoxy) is 1. The van der Waals surface area contributed by atoms with Gasteiger partial charge in [0.15, 0.2) is 5.82 Å². The topological polar surface area (TPSA) is 94.8 Å². The van der Waals surface area contributed by atoms with Crippen LogP contribution in [0.1, 0.15) is 23.2 Å². The maximum absolute atomic E-state index is 14.9. The highest BCUT2D eigenvalue weighted by atomic mass is 19.1. The summed E-state index contributed by atoms with van der Waals surface area (Å²) < 4.78 is 36.8. The molecule has 1 aliphatic heterocycles. The predicted molar refractivity (Wildman–Crippen MR) is 116 cm³/mol. The van der Waals surface area contributed by atoms with Crippen molar-refractivity contribution in [2.24, 2.45) is 0 Å². The zero-order valence-corrected chi connectivity index (χ0v) is 17.3. The SMILES string of the molecule is O=C1Nc2cccc(n2)-c2nncn2CCCCOc2cc(F)c(-c3cccnc3F)cc21. The number of fused-ring (bicyclic) bond motifs is 5. The summed E-state index contributed by atoms with van der Waals surface area (Å²) in [6.07, 6.45) is 4.28. The van der Waals surface area contributed by atoms with Gasteiger partial charge in [0, 0.05) is 29.9 Å². The first-order chi connectivity index (χ1) is 16.1. The summed E-state index contributed by atoms with van der Waals surface area (Å²) in [6.45, 7) is 0.908. The van der Waals surface area contributed by atoms with Gasteiger partial charge in [0.25, 0.3) is 5.91 Å². The smallest absolute Gasteiger partial charge is 0.260 e. The Kier molecular flexibility index (Phi) is 5.47. The number of nitrogens with one attached hydrogen (secondary N) is 1. The average Bonchev–Trinajstić information content (AvgIpc) is 3.28. The highest BCUT2D eigenvalue weighted by molar-refractivity contribution is 6.06. The molecule has 1 amide bonds. The van der Waals surface area contributed by atoms with Crippen molar-refractivity contribution in [1.29, 1.82) is 0 Å². The summed E-state index contributed by atoms with van der Waals surface area (Å²) in [7, 11) is 0. The Morgan fingerprint density at radius 2 is 1.94 bits per heavy atom. The lowest BCUT2D eigenvalue weighted by Crippen LogP contribution is -2.16. The van der Waals surface area contributed by atoms with Crippen LogP contribution in [0.25, 0.3) is 22.6 Å². The van der Waals surface area contributed by atoms with E-state index in [9.17, 15) is 13.6 Å². The minimum atomic E-state index is -0.836. The van der Waals surface area contributed by atoms with E-state index in [0.717, 1.165) is 12.5 Å². The number of pyridine rings is 2. The summed E-state index contributed by atoms with van der Waals surface area (Å²) in [5.41, 5.74) is 0.469. The number of nitrogens with zero attached hydrogens (tertiary/aromatic N) is 5. The molecule has 5 rings (SSSR count). The van der Waals surface area contributed by atoms with E-state index in [2.05, 4.69) is 25.5 Å². The Labute approximate surface area is 187 Å². The summed E-state index contributed by atoms with van der Waals surface area (Å²) in [5.74, 6) is -1.20. The first-order valence-corrected chi connectivity index (χ1v) is 10.3. The number of hydrogen-bond acceptors (Lipinski definition) is 6. The Bertz CT molecular complexity index is 1340. The molecule has 33 heavy (non-hydrogen) atoms. The van der Waals surface area contributed by atoms with Crippen LogP contribution in [0.2, 0.25) is 0 Å². The molecule has 0 aliphatic carbocycles. The van der Waals surface area contributed by atoms with E-state index in [0.29, 0.717) is 24.5 Å². The lowest BCUT2D eigenvalue weighted by atomic mass is 10.0. The number of anilines is 1. The molecule has 8 nitrogen and oxygen atoms in total. The molecule has 166 valence electrons. The molecule has 1 aromatic carbocycles. The third-order valence-electron chi connectivity index (χ3n) is 5.25. The molecule has 0 unspecified atom stereocenters. The van der Waals surface area contributed by atoms with Gasteiger partial charge in [-0.3, -0.25) is 4.79 Å². The third-order valence-corrected chi connectivity index (χ3v) is 5.25. The van der Waals surface area contributed by atoms with Gasteiger partial charge in [-0.05, 0) is 43.2 Å². The van der Waals surface area contributed by atoms with Crippen LogP contribution in [0, 0.1) is 11.8 Å². The molecule has 0 saturated heterocycles. The maximum Gasteiger partial charge on any atom is 0.260 e. The van der Waals surface area contributed by atoms with Gasteiger partial charge in [-0.25, -0.2) is 14.4 Å². The van der Waals surface area contributed by atoms with Gasteiger partial charge in [-0.15, -0.1) is 10.2 Å². The summed E-state index contributed by atoms with van der Waals surface area (Å²) in [5, 5.41) is 10.8. The molecule has 4 aromatic rings. The van der Waals surface area contributed by atoms with Crippen LogP contribution in [0.5, 0.6) is 5.75 Å². The van der Waals surface area contributed by atoms with Gasteiger partial charge < -0.3 is 14.6 Å². The number of carbonyl (C=O) groups is 1. The summed E-state index contributed by atoms with van der Waals surface area (Å²) in [6, 6.07) is 10.4. The van der Waals surface area contributed by atoms with Crippen molar-refractivity contribution in [3.8, 4) is 28.4 Å². The van der Waals surface area contributed by atoms with E-state index in [4.69, 9.17) is 4.74 Å². The summed E-state index contributed by atoms with van der Waals surface area (Å²) >= 11 is 0. The van der Waals surface area contributed by atoms with Crippen LogP contribution in [-0.4, -0.2) is 37.2 Å². The van der Waals surface area contributed by atoms with Gasteiger partial charge in [0.1, 0.15) is 29.4 Å². The second-order valence-electron chi connectivity index (χ2n) is 7.44. The molecular formula is C23H18F2N6O2. The molecule has 0 saturated carbocycles. The van der Waals surface area contributed by atoms with Crippen LogP contribution in [0.15, 0.2) is 55.0 Å². The minimum absolute atomic E-state index is 0.0514. The van der Waals surface area contributed by atoms with Gasteiger partial charge in [0.05, 0.1) is 12.2 Å². The largest absolute Gasteiger partial charge is 0.493 e. The standard InChI is InChI=1S/C23H18F2N6O2/c24-17-12-19-16(11-15(17)14-5-4-8-26-21(14)25)23(32)29-20-7-3-6-18(28-20)22-30-27-13-31(22)9-1-2-10-33-19/h3-8,11-13H,1-2,9-10H2,(H,28,29,32). The van der Waals surface area contributed by atoms with Gasteiger partial charge in [-0.2, -0.15) is 4.39 Å². The first-order valence-electron chi connectivity index (χ1n) is 10.3. The normalized spacial score (nSPS) is 13.8. The van der Waals surface area contributed by atoms with Crippen molar-refractivity contribution in [3.63, 3.8) is 0 Å². The molecule has 4 heterocycles. The molecule has 1 aliphatic rings. The number of benzene rings is 1. The number of aromatic nitrogens is 5. The monoisotopic (exact) mass is 448 g/mol. The molecular weight excluding hydrogens is 430 g/mol. The van der Waals surface area contributed by atoms with Crippen molar-refractivity contribution >= 4 is 11.7 Å². The first kappa shape index (κ1) is 20.7. The van der Waals surface area contributed by atoms with Crippen molar-refractivity contribution in [2.75, 3.05) is 11.9 Å². The van der Waals surface area contributed by atoms with E-state index in [1.165, 1.54) is 24.4 Å². The zero-order chi connectivity index (χ0) is 22.8. The number of halogens is 2. The number of hydrogen-bond donors (Lipinski definition) is 1. The Morgan fingerprint density at radius 3 is 2.82 bits per heavy atom. The van der Waals surface area contributed by atoms with Crippen LogP contribution < -0.4 is 10.1 Å². The van der Waals surface area contributed by atoms with E-state index in [1.807, 2.05) is 4.57 Å². The molecule has 0 spiro atoms. The molecule has 1 N–H and O–H groups in total. The maximum atomic E-state index is 14.9. The molecule has 10 heteroatoms. The van der Waals surface area contributed by atoms with E-state index in [-0.39, 0.29) is 34.9 Å². The molecule has 3 aromatic heterocycles. The fourth-order valence-corrected chi connectivity index (χ4v) is 3.64. The van der Waals surface area contributed by atoms with Gasteiger partial charge in [-0.1, -0.05) is 6.07 Å². The molecule has 0 fully saturated rings. The highest BCUT2D eigenvalue weighted by Crippen LogP contribution is 2.32. The quantitative estimate of drug-likeness (QED) is 0.441. The second-order valence-corrected chi connectivity index (χ2v) is 7.44. The van der Waals surface area contributed by atoms with Crippen LogP contribution in [0.4, 0.5) is 14.6 Å². The number of carbonyl (C=O) groups excluding carboxylic acids is 1. The second kappa shape index (κ2) is 8.73. The van der Waals surface area contributed by atoms with Crippen molar-refractivity contribution in [2.45, 2.75) is 19.4 Å². The average molecular weight is 448 g/mol. The van der Waals surface area contributed by atoms with Crippen molar-refractivity contribution < 1.29 is 18.3 Å². The highest BCUT2D eigenvalue weighted by Gasteiger charge is 2.21. The fraction of sp³-hybridized carbons (Fsp3) is 0.174. The van der Waals surface area contributed by atoms with E-state index < -0.39 is 17.7 Å². The number of aryl methyl sites for hydroxylation is 1. The lowest BCUT2D eigenvalue weighted by molar-refractivity contribution is 0.102. The number of rotatable bonds is 1. The summed E-state index contributed by atoms with van der Waals surface area (Å²) in [4.78, 5) is 21.2. The van der Waals surface area contributed by atoms with Crippen molar-refractivity contribution in [3.05, 3.63) is 72.3 Å². The molecule has 2 bridgehead atoms. The zero-order valence-electron chi connectivity index (χ0n) is 17.3. The fourth-order valence-electron chi connectivity index (χ4n) is 3.64. The van der Waals surface area contributed by atoms with Gasteiger partial charge >= 0.3 is 0 Å². The third kappa shape index (κ3) is 4.14. The minimum Gasteiger partial charge on any atom is -0.493 e. The Balaban J connectivity index is 1.58. The predicted octanol–water partition coefficient (Wildman–Crippen LogP) is 4.11. The number of amides is 1. The van der Waals surface area contributed by atoms with E-state index >= 15 is 0 Å². The van der Waals surface area contributed by atoms with Gasteiger partial charge in [0.2, 0.25) is 5.95 Å². The molecule has 0 radical (unpaired) electrons. The van der Waals surface area contributed by atoms with Crippen LogP contribution in [0.3, 0.4) is 0 Å². The van der Waals surface area contributed by atoms with E-state index in [1.54, 1.807) is 24.5 Å². The van der Waals surface area contributed by atoms with Crippen molar-refractivity contribution in [1.82, 2.24) is 24.7 Å².